The van der Waals surface area contributed by atoms with E-state index in [1.54, 1.807) is 27.8 Å². The van der Waals surface area contributed by atoms with Crippen molar-refractivity contribution in [3.8, 4) is 0 Å². The van der Waals surface area contributed by atoms with Gasteiger partial charge in [0.15, 0.2) is 0 Å². The highest BCUT2D eigenvalue weighted by Crippen LogP contribution is 2.33. The van der Waals surface area contributed by atoms with Gasteiger partial charge in [-0.2, -0.15) is 5.10 Å². The van der Waals surface area contributed by atoms with Crippen molar-refractivity contribution in [2.45, 2.75) is 57.5 Å². The van der Waals surface area contributed by atoms with E-state index in [9.17, 15) is 19.3 Å². The van der Waals surface area contributed by atoms with Crippen LogP contribution in [0.25, 0.3) is 0 Å². The van der Waals surface area contributed by atoms with E-state index in [1.807, 2.05) is 0 Å². The highest BCUT2D eigenvalue weighted by Gasteiger charge is 2.35. The van der Waals surface area contributed by atoms with E-state index in [0.29, 0.717) is 12.1 Å². The lowest BCUT2D eigenvalue weighted by molar-refractivity contribution is -0.385. The fourth-order valence-corrected chi connectivity index (χ4v) is 2.78. The van der Waals surface area contributed by atoms with Crippen LogP contribution in [0.2, 0.25) is 0 Å². The maximum atomic E-state index is 14.2. The van der Waals surface area contributed by atoms with Gasteiger partial charge in [0.05, 0.1) is 17.6 Å². The van der Waals surface area contributed by atoms with Crippen molar-refractivity contribution in [1.29, 1.82) is 0 Å². The van der Waals surface area contributed by atoms with E-state index in [0.717, 1.165) is 0 Å². The molecule has 1 fully saturated rings. The average molecular weight is 358 g/mol. The lowest BCUT2D eigenvalue weighted by atomic mass is 9.97. The molecule has 0 spiro atoms. The molecule has 1 amide bonds. The van der Waals surface area contributed by atoms with Crippen LogP contribution < -0.4 is 5.32 Å². The minimum atomic E-state index is -1.72. The third-order valence-electron chi connectivity index (χ3n) is 3.85. The summed E-state index contributed by atoms with van der Waals surface area (Å²) in [5.74, 6) is -0.392. The quantitative estimate of drug-likeness (QED) is 0.656. The lowest BCUT2D eigenvalue weighted by Gasteiger charge is -2.24. The van der Waals surface area contributed by atoms with Gasteiger partial charge in [0, 0.05) is 13.0 Å². The molecule has 0 radical (unpaired) electrons. The number of nitrogens with zero attached hydrogens (tertiary/aromatic N) is 3. The third-order valence-corrected chi connectivity index (χ3v) is 3.85. The number of rotatable bonds is 3. The van der Waals surface area contributed by atoms with Crippen LogP contribution in [0.4, 0.5) is 14.9 Å². The molecule has 2 rings (SSSR count). The molecule has 1 aliphatic rings. The summed E-state index contributed by atoms with van der Waals surface area (Å²) >= 11 is 0. The molecule has 2 heterocycles. The molecule has 1 aromatic rings. The van der Waals surface area contributed by atoms with Crippen molar-refractivity contribution in [3.05, 3.63) is 22.0 Å². The van der Waals surface area contributed by atoms with Crippen LogP contribution in [-0.4, -0.2) is 45.4 Å². The van der Waals surface area contributed by atoms with Crippen LogP contribution in [0.15, 0.2) is 6.20 Å². The number of hydrogen-bond donors (Lipinski definition) is 1. The summed E-state index contributed by atoms with van der Waals surface area (Å²) in [6.07, 6.45) is -0.614. The Bertz CT molecular complexity index is 642. The van der Waals surface area contributed by atoms with Crippen LogP contribution in [0, 0.1) is 10.1 Å². The Kier molecular flexibility index (Phi) is 5.61. The molecule has 140 valence electrons. The minimum absolute atomic E-state index is 0.0337. The maximum Gasteiger partial charge on any atom is 0.408 e. The summed E-state index contributed by atoms with van der Waals surface area (Å²) in [5.41, 5.74) is -0.431. The first-order valence-corrected chi connectivity index (χ1v) is 8.00. The number of nitro groups is 1. The molecule has 1 N–H and O–H groups in total. The molecule has 1 saturated heterocycles. The second-order valence-corrected chi connectivity index (χ2v) is 7.01. The number of aromatic nitrogens is 2. The summed E-state index contributed by atoms with van der Waals surface area (Å²) in [7, 11) is 1.59. The number of halogens is 1. The first-order chi connectivity index (χ1) is 11.6. The van der Waals surface area contributed by atoms with Crippen LogP contribution in [0.5, 0.6) is 0 Å². The van der Waals surface area contributed by atoms with Gasteiger partial charge in [-0.15, -0.1) is 0 Å². The molecule has 9 nitrogen and oxygen atoms in total. The molecule has 10 heteroatoms. The summed E-state index contributed by atoms with van der Waals surface area (Å²) in [6.45, 7) is 5.09. The number of alkyl halides is 1. The number of alkyl carbamates (subject to hydrolysis) is 1. The number of ether oxygens (including phenoxy) is 2. The number of carbonyl (C=O) groups is 1. The summed E-state index contributed by atoms with van der Waals surface area (Å²) in [5, 5.41) is 17.5. The molecule has 0 aromatic carbocycles. The van der Waals surface area contributed by atoms with E-state index >= 15 is 0 Å². The Balaban J connectivity index is 2.07. The number of carbonyl (C=O) groups excluding carboxylic acids is 1. The molecular weight excluding hydrogens is 335 g/mol. The molecule has 0 saturated carbocycles. The van der Waals surface area contributed by atoms with Crippen LogP contribution >= 0.6 is 0 Å². The van der Waals surface area contributed by atoms with Gasteiger partial charge in [-0.3, -0.25) is 14.8 Å². The van der Waals surface area contributed by atoms with Gasteiger partial charge in [0.25, 0.3) is 0 Å². The van der Waals surface area contributed by atoms with Gasteiger partial charge in [-0.05, 0) is 33.6 Å². The second kappa shape index (κ2) is 7.34. The Morgan fingerprint density at radius 2 is 2.20 bits per heavy atom. The van der Waals surface area contributed by atoms with Gasteiger partial charge < -0.3 is 14.8 Å². The molecular formula is C15H23FN4O5. The van der Waals surface area contributed by atoms with Crippen molar-refractivity contribution < 1.29 is 23.6 Å². The fourth-order valence-electron chi connectivity index (χ4n) is 2.78. The molecule has 0 aliphatic carbocycles. The van der Waals surface area contributed by atoms with Gasteiger partial charge >= 0.3 is 11.8 Å². The zero-order valence-electron chi connectivity index (χ0n) is 14.7. The van der Waals surface area contributed by atoms with Crippen LogP contribution in [0.3, 0.4) is 0 Å². The highest BCUT2D eigenvalue weighted by molar-refractivity contribution is 5.68. The van der Waals surface area contributed by atoms with Gasteiger partial charge in [-0.25, -0.2) is 9.18 Å². The van der Waals surface area contributed by atoms with E-state index in [2.05, 4.69) is 10.4 Å². The van der Waals surface area contributed by atoms with Crippen LogP contribution in [-0.2, 0) is 16.5 Å². The predicted molar refractivity (Wildman–Crippen MR) is 85.8 cm³/mol. The second-order valence-electron chi connectivity index (χ2n) is 7.01. The van der Waals surface area contributed by atoms with Crippen molar-refractivity contribution in [1.82, 2.24) is 15.1 Å². The van der Waals surface area contributed by atoms with Crippen molar-refractivity contribution in [2.24, 2.45) is 7.05 Å². The normalized spacial score (nSPS) is 24.4. The van der Waals surface area contributed by atoms with Crippen LogP contribution in [0.1, 0.15) is 45.2 Å². The SMILES string of the molecule is Cn1ncc([N+](=O)[O-])c1[C@@H]1CC[C@H](NC(=O)OC(C)(C)C)[C@H](F)OC1. The van der Waals surface area contributed by atoms with E-state index in [-0.39, 0.29) is 18.7 Å². The van der Waals surface area contributed by atoms with Gasteiger partial charge in [0.2, 0.25) is 6.36 Å². The number of amides is 1. The van der Waals surface area contributed by atoms with E-state index in [4.69, 9.17) is 9.47 Å². The fraction of sp³-hybridized carbons (Fsp3) is 0.733. The standard InChI is InChI=1S/C15H23FN4O5/c1-15(2,3)25-14(21)18-10-6-5-9(8-24-13(10)16)12-11(20(22)23)7-17-19(12)4/h7,9-10,13H,5-6,8H2,1-4H3,(H,18,21)/t9-,10+,13-/m1/s1. The summed E-state index contributed by atoms with van der Waals surface area (Å²) in [6, 6.07) is -0.882. The minimum Gasteiger partial charge on any atom is -0.444 e. The monoisotopic (exact) mass is 358 g/mol. The maximum absolute atomic E-state index is 14.2. The van der Waals surface area contributed by atoms with Gasteiger partial charge in [-0.1, -0.05) is 0 Å². The third kappa shape index (κ3) is 4.88. The molecule has 0 bridgehead atoms. The zero-order valence-corrected chi connectivity index (χ0v) is 14.7. The molecule has 3 atom stereocenters. The Morgan fingerprint density at radius 1 is 1.52 bits per heavy atom. The molecule has 1 aromatic heterocycles. The van der Waals surface area contributed by atoms with Crippen molar-refractivity contribution in [3.63, 3.8) is 0 Å². The Labute approximate surface area is 144 Å². The smallest absolute Gasteiger partial charge is 0.408 e. The van der Waals surface area contributed by atoms with E-state index < -0.39 is 34.9 Å². The average Bonchev–Trinajstić information content (AvgIpc) is 2.77. The molecule has 25 heavy (non-hydrogen) atoms. The first kappa shape index (κ1) is 19.1. The number of aryl methyl sites for hydroxylation is 1. The summed E-state index contributed by atoms with van der Waals surface area (Å²) < 4.78 is 25.9. The topological polar surface area (TPSA) is 109 Å². The predicted octanol–water partition coefficient (Wildman–Crippen LogP) is 2.41. The van der Waals surface area contributed by atoms with Crippen molar-refractivity contribution >= 4 is 11.8 Å². The first-order valence-electron chi connectivity index (χ1n) is 8.00. The Morgan fingerprint density at radius 3 is 2.80 bits per heavy atom. The van der Waals surface area contributed by atoms with Crippen molar-refractivity contribution in [2.75, 3.05) is 6.61 Å². The molecule has 0 unspecified atom stereocenters. The zero-order chi connectivity index (χ0) is 18.8. The van der Waals surface area contributed by atoms with E-state index in [1.165, 1.54) is 10.9 Å². The highest BCUT2D eigenvalue weighted by atomic mass is 19.1. The number of nitrogens with one attached hydrogen (secondary N) is 1. The van der Waals surface area contributed by atoms with Gasteiger partial charge in [0.1, 0.15) is 17.5 Å². The number of hydrogen-bond acceptors (Lipinski definition) is 6. The molecule has 1 aliphatic heterocycles. The summed E-state index contributed by atoms with van der Waals surface area (Å²) in [4.78, 5) is 22.5. The lowest BCUT2D eigenvalue weighted by Crippen LogP contribution is -2.44. The largest absolute Gasteiger partial charge is 0.444 e. The Hall–Kier alpha value is -2.23.